The van der Waals surface area contributed by atoms with Crippen molar-refractivity contribution in [1.29, 1.82) is 0 Å². The van der Waals surface area contributed by atoms with Crippen LogP contribution in [0.3, 0.4) is 0 Å². The number of hydrogen-bond donors (Lipinski definition) is 0. The molecule has 0 radical (unpaired) electrons. The van der Waals surface area contributed by atoms with E-state index in [0.717, 1.165) is 32.9 Å². The molecule has 0 unspecified atom stereocenters. The van der Waals surface area contributed by atoms with Gasteiger partial charge in [0, 0.05) is 16.3 Å². The first kappa shape index (κ1) is 12.8. The molecule has 2 heterocycles. The number of thioether (sulfide) groups is 2. The number of benzene rings is 1. The minimum Gasteiger partial charge on any atom is -0.343 e. The van der Waals surface area contributed by atoms with E-state index in [9.17, 15) is 0 Å². The number of thiocarbonyl (C=S) groups is 1. The fourth-order valence-electron chi connectivity index (χ4n) is 2.15. The van der Waals surface area contributed by atoms with Crippen molar-refractivity contribution in [3.63, 3.8) is 0 Å². The van der Waals surface area contributed by atoms with Crippen molar-refractivity contribution in [1.82, 2.24) is 4.90 Å². The van der Waals surface area contributed by atoms with Gasteiger partial charge in [0.1, 0.15) is 4.99 Å². The van der Waals surface area contributed by atoms with Crippen LogP contribution in [0.5, 0.6) is 0 Å². The van der Waals surface area contributed by atoms with Gasteiger partial charge in [-0.15, -0.1) is 23.5 Å². The van der Waals surface area contributed by atoms with Crippen LogP contribution in [0.4, 0.5) is 5.69 Å². The maximum Gasteiger partial charge on any atom is 0.112 e. The van der Waals surface area contributed by atoms with Gasteiger partial charge in [0.2, 0.25) is 0 Å². The van der Waals surface area contributed by atoms with Crippen LogP contribution in [0, 0.1) is 0 Å². The normalized spacial score (nSPS) is 22.3. The van der Waals surface area contributed by atoms with Gasteiger partial charge in [-0.05, 0) is 24.5 Å². The molecule has 1 aromatic rings. The monoisotopic (exact) mass is 314 g/mol. The zero-order valence-corrected chi connectivity index (χ0v) is 12.9. The molecule has 0 N–H and O–H groups in total. The second-order valence-corrected chi connectivity index (χ2v) is 6.76. The van der Waals surface area contributed by atoms with Crippen LogP contribution in [0.25, 0.3) is 0 Å². The lowest BCUT2D eigenvalue weighted by Crippen LogP contribution is -2.39. The van der Waals surface area contributed by atoms with Gasteiger partial charge < -0.3 is 4.90 Å². The topological polar surface area (TPSA) is 15.6 Å². The molecule has 2 aliphatic rings. The highest BCUT2D eigenvalue weighted by molar-refractivity contribution is 8.13. The largest absolute Gasteiger partial charge is 0.343 e. The van der Waals surface area contributed by atoms with Crippen molar-refractivity contribution >= 4 is 63.1 Å². The van der Waals surface area contributed by atoms with Crippen molar-refractivity contribution in [2.24, 2.45) is 4.99 Å². The van der Waals surface area contributed by atoms with E-state index in [1.54, 1.807) is 11.8 Å². The minimum absolute atomic E-state index is 0.323. The Morgan fingerprint density at radius 1 is 1.56 bits per heavy atom. The number of nitrogens with zero attached hydrogens (tertiary/aromatic N) is 2. The van der Waals surface area contributed by atoms with Gasteiger partial charge in [0.15, 0.2) is 0 Å². The van der Waals surface area contributed by atoms with Gasteiger partial charge in [-0.1, -0.05) is 23.8 Å². The SMILES string of the molecule is CSC1=Nc2ccc(Cl)cc2C(=S)N2CSC[C@@H]12. The van der Waals surface area contributed by atoms with E-state index < -0.39 is 0 Å². The Labute approximate surface area is 125 Å². The molecule has 0 amide bonds. The lowest BCUT2D eigenvalue weighted by molar-refractivity contribution is 0.499. The number of fused-ring (bicyclic) bond motifs is 2. The molecule has 0 spiro atoms. The van der Waals surface area contributed by atoms with Crippen LogP contribution in [-0.2, 0) is 0 Å². The second kappa shape index (κ2) is 5.04. The van der Waals surface area contributed by atoms with Crippen LogP contribution in [-0.4, -0.2) is 38.9 Å². The summed E-state index contributed by atoms with van der Waals surface area (Å²) in [5, 5.41) is 1.85. The summed E-state index contributed by atoms with van der Waals surface area (Å²) in [6, 6.07) is 6.07. The molecule has 0 bridgehead atoms. The molecule has 2 aliphatic heterocycles. The zero-order chi connectivity index (χ0) is 12.7. The van der Waals surface area contributed by atoms with Crippen LogP contribution in [0.2, 0.25) is 5.02 Å². The Morgan fingerprint density at radius 3 is 3.17 bits per heavy atom. The molecule has 0 saturated carbocycles. The first-order valence-electron chi connectivity index (χ1n) is 5.51. The zero-order valence-electron chi connectivity index (χ0n) is 9.72. The third-order valence-corrected chi connectivity index (χ3v) is 5.54. The third-order valence-electron chi connectivity index (χ3n) is 3.06. The van der Waals surface area contributed by atoms with E-state index in [1.165, 1.54) is 0 Å². The highest BCUT2D eigenvalue weighted by Gasteiger charge is 2.34. The lowest BCUT2D eigenvalue weighted by Gasteiger charge is -2.24. The smallest absolute Gasteiger partial charge is 0.112 e. The average Bonchev–Trinajstić information content (AvgIpc) is 2.81. The van der Waals surface area contributed by atoms with E-state index in [1.807, 2.05) is 30.0 Å². The molecule has 3 rings (SSSR count). The minimum atomic E-state index is 0.323. The van der Waals surface area contributed by atoms with Gasteiger partial charge in [-0.2, -0.15) is 0 Å². The summed E-state index contributed by atoms with van der Waals surface area (Å²) in [6.45, 7) is 0. The fraction of sp³-hybridized carbons (Fsp3) is 0.333. The molecule has 6 heteroatoms. The molecular weight excluding hydrogens is 304 g/mol. The molecule has 1 saturated heterocycles. The van der Waals surface area contributed by atoms with Gasteiger partial charge in [0.05, 0.1) is 22.6 Å². The lowest BCUT2D eigenvalue weighted by atomic mass is 10.1. The fourth-order valence-corrected chi connectivity index (χ4v) is 4.71. The van der Waals surface area contributed by atoms with Crippen molar-refractivity contribution in [2.45, 2.75) is 6.04 Å². The van der Waals surface area contributed by atoms with E-state index in [2.05, 4.69) is 11.2 Å². The highest BCUT2D eigenvalue weighted by atomic mass is 35.5. The van der Waals surface area contributed by atoms with Crippen molar-refractivity contribution in [3.05, 3.63) is 28.8 Å². The quantitative estimate of drug-likeness (QED) is 0.677. The Morgan fingerprint density at radius 2 is 2.39 bits per heavy atom. The van der Waals surface area contributed by atoms with Gasteiger partial charge in [0.25, 0.3) is 0 Å². The van der Waals surface area contributed by atoms with E-state index >= 15 is 0 Å². The van der Waals surface area contributed by atoms with Crippen LogP contribution in [0.1, 0.15) is 5.56 Å². The molecule has 1 aromatic carbocycles. The number of aliphatic imine (C=N–C) groups is 1. The molecule has 1 atom stereocenters. The predicted molar refractivity (Wildman–Crippen MR) is 86.7 cm³/mol. The Hall–Kier alpha value is -0.230. The predicted octanol–water partition coefficient (Wildman–Crippen LogP) is 3.80. The highest BCUT2D eigenvalue weighted by Crippen LogP contribution is 2.35. The summed E-state index contributed by atoms with van der Waals surface area (Å²) in [5.41, 5.74) is 1.92. The first-order valence-corrected chi connectivity index (χ1v) is 8.68. The molecule has 2 nitrogen and oxygen atoms in total. The molecule has 18 heavy (non-hydrogen) atoms. The number of rotatable bonds is 0. The van der Waals surface area contributed by atoms with Crippen molar-refractivity contribution in [3.8, 4) is 0 Å². The third kappa shape index (κ3) is 2.07. The summed E-state index contributed by atoms with van der Waals surface area (Å²) in [5.74, 6) is 2.00. The van der Waals surface area contributed by atoms with Crippen LogP contribution >= 0.6 is 47.3 Å². The standard InChI is InChI=1S/C12H11ClN2S3/c1-17-11-10-5-18-6-15(10)12(16)8-4-7(13)2-3-9(8)14-11/h2-4,10H,5-6H2,1H3/t10-/m0/s1. The number of halogens is 1. The van der Waals surface area contributed by atoms with Crippen LogP contribution in [0.15, 0.2) is 23.2 Å². The molecule has 94 valence electrons. The van der Waals surface area contributed by atoms with E-state index in [4.69, 9.17) is 28.8 Å². The van der Waals surface area contributed by atoms with Gasteiger partial charge in [-0.25, -0.2) is 4.99 Å². The summed E-state index contributed by atoms with van der Waals surface area (Å²) in [4.78, 5) is 7.90. The summed E-state index contributed by atoms with van der Waals surface area (Å²) >= 11 is 15.3. The summed E-state index contributed by atoms with van der Waals surface area (Å²) in [6.07, 6.45) is 2.07. The molecule has 0 aromatic heterocycles. The Kier molecular flexibility index (Phi) is 3.58. The van der Waals surface area contributed by atoms with E-state index in [0.29, 0.717) is 11.1 Å². The molecule has 0 aliphatic carbocycles. The van der Waals surface area contributed by atoms with Crippen molar-refractivity contribution < 1.29 is 0 Å². The molecular formula is C12H11ClN2S3. The van der Waals surface area contributed by atoms with Gasteiger partial charge >= 0.3 is 0 Å². The Bertz CT molecular complexity index is 544. The number of hydrogen-bond acceptors (Lipinski definition) is 4. The average molecular weight is 315 g/mol. The maximum atomic E-state index is 6.07. The Balaban J connectivity index is 2.16. The van der Waals surface area contributed by atoms with Crippen molar-refractivity contribution in [2.75, 3.05) is 17.9 Å². The summed E-state index contributed by atoms with van der Waals surface area (Å²) in [7, 11) is 0. The second-order valence-electron chi connectivity index (χ2n) is 4.11. The first-order chi connectivity index (χ1) is 8.70. The molecule has 1 fully saturated rings. The van der Waals surface area contributed by atoms with Gasteiger partial charge in [-0.3, -0.25) is 0 Å². The van der Waals surface area contributed by atoms with E-state index in [-0.39, 0.29) is 0 Å². The maximum absolute atomic E-state index is 6.07. The van der Waals surface area contributed by atoms with Crippen LogP contribution < -0.4 is 0 Å². The summed E-state index contributed by atoms with van der Waals surface area (Å²) < 4.78 is 0.